The fraction of sp³-hybridized carbons (Fsp3) is 0.545. The topological polar surface area (TPSA) is 20.3 Å². The molecule has 0 aromatic carbocycles. The summed E-state index contributed by atoms with van der Waals surface area (Å²) in [4.78, 5) is 14.9. The van der Waals surface area contributed by atoms with E-state index < -0.39 is 0 Å². The molecule has 0 spiro atoms. The van der Waals surface area contributed by atoms with Gasteiger partial charge in [-0.2, -0.15) is 0 Å². The molecule has 1 aliphatic heterocycles. The maximum Gasteiger partial charge on any atom is 0.219 e. The van der Waals surface area contributed by atoms with Gasteiger partial charge >= 0.3 is 0 Å². The number of hydrogen-bond donors (Lipinski definition) is 0. The minimum Gasteiger partial charge on any atom is -0.336 e. The van der Waals surface area contributed by atoms with E-state index in [1.807, 2.05) is 16.2 Å². The van der Waals surface area contributed by atoms with Crippen LogP contribution in [0.15, 0.2) is 11.4 Å². The number of carbonyl (C=O) groups excluding carboxylic acids is 1. The van der Waals surface area contributed by atoms with Gasteiger partial charge in [-0.3, -0.25) is 4.79 Å². The molecule has 1 atom stereocenters. The highest BCUT2D eigenvalue weighted by Gasteiger charge is 2.28. The van der Waals surface area contributed by atoms with Crippen LogP contribution in [-0.2, 0) is 11.2 Å². The highest BCUT2D eigenvalue weighted by Crippen LogP contribution is 2.34. The van der Waals surface area contributed by atoms with Gasteiger partial charge in [0.25, 0.3) is 0 Å². The molecule has 0 bridgehead atoms. The van der Waals surface area contributed by atoms with E-state index in [1.54, 1.807) is 6.92 Å². The Morgan fingerprint density at radius 3 is 3.14 bits per heavy atom. The number of fused-ring (bicyclic) bond motifs is 1. The molecule has 1 amide bonds. The molecule has 2 nitrogen and oxygen atoms in total. The monoisotopic (exact) mass is 209 g/mol. The van der Waals surface area contributed by atoms with Crippen molar-refractivity contribution in [2.75, 3.05) is 6.54 Å². The van der Waals surface area contributed by atoms with Gasteiger partial charge in [0.05, 0.1) is 6.04 Å². The van der Waals surface area contributed by atoms with Crippen molar-refractivity contribution in [3.8, 4) is 0 Å². The minimum absolute atomic E-state index is 0.203. The molecule has 1 aromatic heterocycles. The van der Waals surface area contributed by atoms with Crippen molar-refractivity contribution in [3.63, 3.8) is 0 Å². The molecule has 3 heteroatoms. The summed E-state index contributed by atoms with van der Waals surface area (Å²) in [5.74, 6) is 0.203. The summed E-state index contributed by atoms with van der Waals surface area (Å²) in [7, 11) is 0. The van der Waals surface area contributed by atoms with Crippen LogP contribution in [0.4, 0.5) is 0 Å². The van der Waals surface area contributed by atoms with E-state index in [-0.39, 0.29) is 5.91 Å². The summed E-state index contributed by atoms with van der Waals surface area (Å²) in [6.45, 7) is 4.70. The Morgan fingerprint density at radius 1 is 1.71 bits per heavy atom. The summed E-state index contributed by atoms with van der Waals surface area (Å²) in [5.41, 5.74) is 1.37. The Morgan fingerprint density at radius 2 is 2.50 bits per heavy atom. The van der Waals surface area contributed by atoms with Crippen LogP contribution in [0.3, 0.4) is 0 Å². The maximum atomic E-state index is 11.4. The lowest BCUT2D eigenvalue weighted by Gasteiger charge is -2.34. The summed E-state index contributed by atoms with van der Waals surface area (Å²) in [6.07, 6.45) is 2.05. The van der Waals surface area contributed by atoms with Crippen molar-refractivity contribution in [1.29, 1.82) is 0 Å². The van der Waals surface area contributed by atoms with Gasteiger partial charge in [-0.25, -0.2) is 0 Å². The molecule has 1 aromatic rings. The predicted octanol–water partition coefficient (Wildman–Crippen LogP) is 2.60. The molecule has 0 radical (unpaired) electrons. The average molecular weight is 209 g/mol. The van der Waals surface area contributed by atoms with Gasteiger partial charge in [0, 0.05) is 18.3 Å². The Hall–Kier alpha value is -0.830. The normalized spacial score (nSPS) is 20.7. The van der Waals surface area contributed by atoms with Crippen LogP contribution in [0.2, 0.25) is 0 Å². The maximum absolute atomic E-state index is 11.4. The molecule has 2 heterocycles. The van der Waals surface area contributed by atoms with Crippen LogP contribution in [0.1, 0.15) is 36.8 Å². The molecule has 0 saturated heterocycles. The van der Waals surface area contributed by atoms with Gasteiger partial charge in [-0.15, -0.1) is 11.3 Å². The Balaban J connectivity index is 2.34. The number of amides is 1. The van der Waals surface area contributed by atoms with E-state index in [9.17, 15) is 4.79 Å². The van der Waals surface area contributed by atoms with E-state index >= 15 is 0 Å². The first-order valence-corrected chi connectivity index (χ1v) is 5.95. The standard InChI is InChI=1S/C11H15NOS/c1-3-10-9-5-7-14-11(9)4-6-12(10)8(2)13/h5,7,10H,3-4,6H2,1-2H3/t10-/m1/s1. The molecule has 1 aliphatic rings. The molecule has 0 saturated carbocycles. The van der Waals surface area contributed by atoms with Crippen LogP contribution in [0.25, 0.3) is 0 Å². The zero-order chi connectivity index (χ0) is 10.1. The van der Waals surface area contributed by atoms with Crippen LogP contribution in [0.5, 0.6) is 0 Å². The Labute approximate surface area is 88.5 Å². The molecule has 0 fully saturated rings. The molecule has 0 unspecified atom stereocenters. The SMILES string of the molecule is CC[C@@H]1c2ccsc2CCN1C(C)=O. The second kappa shape index (κ2) is 3.73. The first-order valence-electron chi connectivity index (χ1n) is 5.07. The fourth-order valence-corrected chi connectivity index (χ4v) is 3.14. The van der Waals surface area contributed by atoms with Crippen LogP contribution in [-0.4, -0.2) is 17.4 Å². The second-order valence-corrected chi connectivity index (χ2v) is 4.69. The lowest BCUT2D eigenvalue weighted by Crippen LogP contribution is -2.37. The highest BCUT2D eigenvalue weighted by atomic mass is 32.1. The molecular formula is C11H15NOS. The van der Waals surface area contributed by atoms with Crippen LogP contribution in [0, 0.1) is 0 Å². The van der Waals surface area contributed by atoms with E-state index in [1.165, 1.54) is 10.4 Å². The molecule has 14 heavy (non-hydrogen) atoms. The lowest BCUT2D eigenvalue weighted by atomic mass is 9.98. The van der Waals surface area contributed by atoms with Crippen molar-refractivity contribution < 1.29 is 4.79 Å². The summed E-state index contributed by atoms with van der Waals surface area (Å²) in [5, 5.41) is 2.14. The molecule has 0 aliphatic carbocycles. The van der Waals surface area contributed by atoms with Crippen molar-refractivity contribution in [1.82, 2.24) is 4.90 Å². The van der Waals surface area contributed by atoms with Gasteiger partial charge in [0.15, 0.2) is 0 Å². The lowest BCUT2D eigenvalue weighted by molar-refractivity contribution is -0.131. The molecule has 0 N–H and O–H groups in total. The predicted molar refractivity (Wildman–Crippen MR) is 58.4 cm³/mol. The summed E-state index contributed by atoms with van der Waals surface area (Å²) in [6, 6.07) is 2.49. The number of hydrogen-bond acceptors (Lipinski definition) is 2. The fourth-order valence-electron chi connectivity index (χ4n) is 2.21. The van der Waals surface area contributed by atoms with Crippen molar-refractivity contribution in [3.05, 3.63) is 21.9 Å². The third-order valence-corrected chi connectivity index (χ3v) is 3.88. The number of thiophene rings is 1. The van der Waals surface area contributed by atoms with Crippen molar-refractivity contribution in [2.24, 2.45) is 0 Å². The van der Waals surface area contributed by atoms with Crippen molar-refractivity contribution >= 4 is 17.2 Å². The average Bonchev–Trinajstić information content (AvgIpc) is 2.63. The van der Waals surface area contributed by atoms with Gasteiger partial charge in [0.1, 0.15) is 0 Å². The van der Waals surface area contributed by atoms with Gasteiger partial charge in [-0.1, -0.05) is 6.92 Å². The Bertz CT molecular complexity index is 345. The largest absolute Gasteiger partial charge is 0.336 e. The second-order valence-electron chi connectivity index (χ2n) is 3.69. The van der Waals surface area contributed by atoms with Crippen LogP contribution >= 0.6 is 11.3 Å². The van der Waals surface area contributed by atoms with Crippen LogP contribution < -0.4 is 0 Å². The quantitative estimate of drug-likeness (QED) is 0.696. The smallest absolute Gasteiger partial charge is 0.219 e. The first kappa shape index (κ1) is 9.71. The van der Waals surface area contributed by atoms with E-state index in [0.29, 0.717) is 6.04 Å². The highest BCUT2D eigenvalue weighted by molar-refractivity contribution is 7.10. The number of nitrogens with zero attached hydrogens (tertiary/aromatic N) is 1. The van der Waals surface area contributed by atoms with Gasteiger partial charge < -0.3 is 4.90 Å². The molecule has 76 valence electrons. The van der Waals surface area contributed by atoms with E-state index in [0.717, 1.165) is 19.4 Å². The number of rotatable bonds is 1. The van der Waals surface area contributed by atoms with Crippen molar-refractivity contribution in [2.45, 2.75) is 32.7 Å². The third kappa shape index (κ3) is 1.46. The van der Waals surface area contributed by atoms with Gasteiger partial charge in [-0.05, 0) is 29.9 Å². The molecule has 2 rings (SSSR count). The zero-order valence-electron chi connectivity index (χ0n) is 8.62. The van der Waals surface area contributed by atoms with Gasteiger partial charge in [0.2, 0.25) is 5.91 Å². The van der Waals surface area contributed by atoms with E-state index in [4.69, 9.17) is 0 Å². The minimum atomic E-state index is 0.203. The first-order chi connectivity index (χ1) is 6.74. The molecular weight excluding hydrogens is 194 g/mol. The summed E-state index contributed by atoms with van der Waals surface area (Å²) >= 11 is 1.82. The summed E-state index contributed by atoms with van der Waals surface area (Å²) < 4.78 is 0. The Kier molecular flexibility index (Phi) is 2.59. The number of carbonyl (C=O) groups is 1. The van der Waals surface area contributed by atoms with E-state index in [2.05, 4.69) is 18.4 Å². The third-order valence-electron chi connectivity index (χ3n) is 2.89. The zero-order valence-corrected chi connectivity index (χ0v) is 9.43.